The molecule has 66 valence electrons. The summed E-state index contributed by atoms with van der Waals surface area (Å²) in [6, 6.07) is 1.39. The van der Waals surface area contributed by atoms with Gasteiger partial charge in [0, 0.05) is 12.3 Å². The highest BCUT2D eigenvalue weighted by Crippen LogP contribution is 2.25. The van der Waals surface area contributed by atoms with Crippen molar-refractivity contribution < 1.29 is 14.3 Å². The van der Waals surface area contributed by atoms with Gasteiger partial charge < -0.3 is 9.52 Å². The van der Waals surface area contributed by atoms with E-state index in [1.807, 2.05) is 0 Å². The monoisotopic (exact) mass is 241 g/mol. The van der Waals surface area contributed by atoms with Crippen LogP contribution in [-0.2, 0) is 0 Å². The number of furan rings is 1. The number of nitrogens with zero attached hydrogens (tertiary/aromatic N) is 1. The number of halogens is 1. The Kier molecular flexibility index (Phi) is 1.81. The third-order valence-corrected chi connectivity index (χ3v) is 2.25. The summed E-state index contributed by atoms with van der Waals surface area (Å²) in [5.41, 5.74) is 0.494. The van der Waals surface area contributed by atoms with Crippen LogP contribution in [0, 0.1) is 0 Å². The summed E-state index contributed by atoms with van der Waals surface area (Å²) in [5, 5.41) is 9.40. The zero-order chi connectivity index (χ0) is 9.42. The van der Waals surface area contributed by atoms with Crippen LogP contribution >= 0.6 is 15.9 Å². The maximum absolute atomic E-state index is 10.5. The van der Waals surface area contributed by atoms with Gasteiger partial charge in [0.05, 0.1) is 9.86 Å². The van der Waals surface area contributed by atoms with Crippen LogP contribution < -0.4 is 0 Å². The molecular weight excluding hydrogens is 238 g/mol. The number of carbonyl (C=O) groups is 1. The Labute approximate surface area is 81.3 Å². The highest BCUT2D eigenvalue weighted by Gasteiger charge is 2.09. The third kappa shape index (κ3) is 1.31. The predicted molar refractivity (Wildman–Crippen MR) is 48.7 cm³/mol. The van der Waals surface area contributed by atoms with Gasteiger partial charge in [-0.3, -0.25) is 0 Å². The summed E-state index contributed by atoms with van der Waals surface area (Å²) in [7, 11) is 0. The topological polar surface area (TPSA) is 63.3 Å². The number of hydrogen-bond acceptors (Lipinski definition) is 3. The second-order valence-corrected chi connectivity index (χ2v) is 3.31. The Morgan fingerprint density at radius 1 is 1.62 bits per heavy atom. The van der Waals surface area contributed by atoms with Crippen LogP contribution in [0.1, 0.15) is 10.5 Å². The van der Waals surface area contributed by atoms with Gasteiger partial charge >= 0.3 is 5.97 Å². The predicted octanol–water partition coefficient (Wildman–Crippen LogP) is 2.29. The zero-order valence-electron chi connectivity index (χ0n) is 6.32. The number of aromatic nitrogens is 1. The number of carboxylic acids is 1. The number of hydrogen-bond donors (Lipinski definition) is 1. The maximum Gasteiger partial charge on any atom is 0.354 e. The molecule has 0 aromatic carbocycles. The van der Waals surface area contributed by atoms with Gasteiger partial charge in [-0.15, -0.1) is 0 Å². The van der Waals surface area contributed by atoms with Gasteiger partial charge in [-0.05, 0) is 15.9 Å². The average Bonchev–Trinajstić information content (AvgIpc) is 2.47. The van der Waals surface area contributed by atoms with E-state index in [-0.39, 0.29) is 5.69 Å². The molecule has 2 aromatic rings. The van der Waals surface area contributed by atoms with E-state index >= 15 is 0 Å². The van der Waals surface area contributed by atoms with E-state index in [1.54, 1.807) is 0 Å². The number of aromatic carboxylic acids is 1. The van der Waals surface area contributed by atoms with E-state index in [2.05, 4.69) is 20.9 Å². The molecule has 1 N–H and O–H groups in total. The molecule has 2 rings (SSSR count). The smallest absolute Gasteiger partial charge is 0.354 e. The van der Waals surface area contributed by atoms with Crippen LogP contribution in [0.25, 0.3) is 11.0 Å². The molecule has 4 nitrogen and oxygen atoms in total. The van der Waals surface area contributed by atoms with Gasteiger partial charge in [0.1, 0.15) is 11.8 Å². The summed E-state index contributed by atoms with van der Waals surface area (Å²) in [6.07, 6.45) is 2.96. The molecule has 0 spiro atoms. The first-order chi connectivity index (χ1) is 6.18. The molecule has 0 radical (unpaired) electrons. The summed E-state index contributed by atoms with van der Waals surface area (Å²) >= 11 is 3.25. The lowest BCUT2D eigenvalue weighted by Crippen LogP contribution is -1.98. The Hall–Kier alpha value is -1.36. The normalized spacial score (nSPS) is 10.5. The fourth-order valence-corrected chi connectivity index (χ4v) is 1.40. The van der Waals surface area contributed by atoms with Crippen LogP contribution in [-0.4, -0.2) is 16.1 Å². The van der Waals surface area contributed by atoms with Crippen molar-refractivity contribution in [2.24, 2.45) is 0 Å². The third-order valence-electron chi connectivity index (χ3n) is 1.63. The molecule has 0 amide bonds. The van der Waals surface area contributed by atoms with E-state index in [0.717, 1.165) is 9.86 Å². The highest BCUT2D eigenvalue weighted by molar-refractivity contribution is 9.10. The van der Waals surface area contributed by atoms with Crippen molar-refractivity contribution in [3.8, 4) is 0 Å². The van der Waals surface area contributed by atoms with E-state index < -0.39 is 5.97 Å². The first-order valence-corrected chi connectivity index (χ1v) is 4.24. The van der Waals surface area contributed by atoms with Gasteiger partial charge in [0.25, 0.3) is 0 Å². The molecule has 0 bridgehead atoms. The van der Waals surface area contributed by atoms with Crippen molar-refractivity contribution >= 4 is 32.9 Å². The SMILES string of the molecule is O=C(O)c1cc2occ(Br)c2cn1. The molecule has 0 fully saturated rings. The second-order valence-electron chi connectivity index (χ2n) is 2.45. The Morgan fingerprint density at radius 2 is 2.38 bits per heavy atom. The summed E-state index contributed by atoms with van der Waals surface area (Å²) < 4.78 is 5.86. The van der Waals surface area contributed by atoms with Gasteiger partial charge in [0.15, 0.2) is 5.69 Å². The van der Waals surface area contributed by atoms with Gasteiger partial charge in [0.2, 0.25) is 0 Å². The van der Waals surface area contributed by atoms with E-state index in [0.29, 0.717) is 5.58 Å². The minimum atomic E-state index is -1.06. The summed E-state index contributed by atoms with van der Waals surface area (Å²) in [4.78, 5) is 14.3. The van der Waals surface area contributed by atoms with E-state index in [1.165, 1.54) is 18.5 Å². The van der Waals surface area contributed by atoms with Gasteiger partial charge in [-0.1, -0.05) is 0 Å². The van der Waals surface area contributed by atoms with Crippen molar-refractivity contribution in [2.45, 2.75) is 0 Å². The van der Waals surface area contributed by atoms with Crippen molar-refractivity contribution in [3.05, 3.63) is 28.7 Å². The molecular formula is C8H4BrNO3. The van der Waals surface area contributed by atoms with Crippen LogP contribution in [0.15, 0.2) is 27.4 Å². The Morgan fingerprint density at radius 3 is 3.08 bits per heavy atom. The molecule has 0 saturated carbocycles. The molecule has 0 aliphatic heterocycles. The largest absolute Gasteiger partial charge is 0.477 e. The fraction of sp³-hybridized carbons (Fsp3) is 0. The van der Waals surface area contributed by atoms with Crippen LogP contribution in [0.2, 0.25) is 0 Å². The molecule has 0 atom stereocenters. The van der Waals surface area contributed by atoms with Gasteiger partial charge in [-0.25, -0.2) is 9.78 Å². The van der Waals surface area contributed by atoms with Crippen molar-refractivity contribution in [1.82, 2.24) is 4.98 Å². The maximum atomic E-state index is 10.5. The quantitative estimate of drug-likeness (QED) is 0.833. The van der Waals surface area contributed by atoms with Crippen LogP contribution in [0.4, 0.5) is 0 Å². The van der Waals surface area contributed by atoms with Crippen molar-refractivity contribution in [3.63, 3.8) is 0 Å². The first kappa shape index (κ1) is 8.25. The Bertz CT molecular complexity index is 477. The molecule has 0 aliphatic rings. The average molecular weight is 242 g/mol. The zero-order valence-corrected chi connectivity index (χ0v) is 7.91. The Balaban J connectivity index is 2.70. The lowest BCUT2D eigenvalue weighted by atomic mass is 10.3. The lowest BCUT2D eigenvalue weighted by molar-refractivity contribution is 0.0690. The second kappa shape index (κ2) is 2.85. The van der Waals surface area contributed by atoms with E-state index in [9.17, 15) is 4.79 Å². The molecule has 2 heterocycles. The molecule has 2 aromatic heterocycles. The fourth-order valence-electron chi connectivity index (χ4n) is 1.01. The molecule has 0 unspecified atom stereocenters. The standard InChI is InChI=1S/C8H4BrNO3/c9-5-3-13-7-1-6(8(11)12)10-2-4(5)7/h1-3H,(H,11,12). The first-order valence-electron chi connectivity index (χ1n) is 3.44. The summed E-state index contributed by atoms with van der Waals surface area (Å²) in [5.74, 6) is -1.06. The minimum Gasteiger partial charge on any atom is -0.477 e. The number of carboxylic acid groups (broad SMARTS) is 1. The lowest BCUT2D eigenvalue weighted by Gasteiger charge is -1.92. The summed E-state index contributed by atoms with van der Waals surface area (Å²) in [6.45, 7) is 0. The van der Waals surface area contributed by atoms with Crippen molar-refractivity contribution in [2.75, 3.05) is 0 Å². The van der Waals surface area contributed by atoms with E-state index in [4.69, 9.17) is 9.52 Å². The van der Waals surface area contributed by atoms with Crippen LogP contribution in [0.3, 0.4) is 0 Å². The van der Waals surface area contributed by atoms with Crippen molar-refractivity contribution in [1.29, 1.82) is 0 Å². The molecule has 13 heavy (non-hydrogen) atoms. The minimum absolute atomic E-state index is 0.0191. The van der Waals surface area contributed by atoms with Crippen LogP contribution in [0.5, 0.6) is 0 Å². The number of rotatable bonds is 1. The highest BCUT2D eigenvalue weighted by atomic mass is 79.9. The van der Waals surface area contributed by atoms with Gasteiger partial charge in [-0.2, -0.15) is 0 Å². The number of fused-ring (bicyclic) bond motifs is 1. The molecule has 5 heteroatoms. The molecule has 0 saturated heterocycles. The molecule has 0 aliphatic carbocycles. The number of pyridine rings is 1.